The first kappa shape index (κ1) is 18.7. The van der Waals surface area contributed by atoms with E-state index in [0.717, 1.165) is 11.3 Å². The quantitative estimate of drug-likeness (QED) is 0.816. The number of amides is 1. The van der Waals surface area contributed by atoms with Crippen LogP contribution in [-0.4, -0.2) is 48.7 Å². The summed E-state index contributed by atoms with van der Waals surface area (Å²) >= 11 is 0. The summed E-state index contributed by atoms with van der Waals surface area (Å²) in [5.74, 6) is 0.221. The number of nitrogens with zero attached hydrogens (tertiary/aromatic N) is 2. The van der Waals surface area contributed by atoms with E-state index in [1.165, 1.54) is 18.2 Å². The Hall–Kier alpha value is -3.09. The minimum Gasteiger partial charge on any atom is -0.508 e. The molecule has 27 heavy (non-hydrogen) atoms. The van der Waals surface area contributed by atoms with Crippen molar-refractivity contribution < 1.29 is 23.4 Å². The van der Waals surface area contributed by atoms with Crippen molar-refractivity contribution in [1.82, 2.24) is 4.90 Å². The summed E-state index contributed by atoms with van der Waals surface area (Å²) in [5, 5.41) is 9.36. The number of hydrogen-bond donors (Lipinski definition) is 1. The van der Waals surface area contributed by atoms with Gasteiger partial charge in [-0.15, -0.1) is 0 Å². The van der Waals surface area contributed by atoms with E-state index in [1.54, 1.807) is 35.2 Å². The molecule has 0 aromatic heterocycles. The van der Waals surface area contributed by atoms with Crippen LogP contribution in [0, 0.1) is 0 Å². The van der Waals surface area contributed by atoms with Gasteiger partial charge in [-0.3, -0.25) is 4.79 Å². The third-order valence-corrected chi connectivity index (χ3v) is 4.33. The molecule has 0 aliphatic carbocycles. The second-order valence-corrected chi connectivity index (χ2v) is 6.11. The average molecular weight is 374 g/mol. The Bertz CT molecular complexity index is 784. The largest absolute Gasteiger partial charge is 0.508 e. The number of piperazine rings is 1. The van der Waals surface area contributed by atoms with Crippen molar-refractivity contribution >= 4 is 17.7 Å². The van der Waals surface area contributed by atoms with Crippen LogP contribution in [0.3, 0.4) is 0 Å². The maximum atomic E-state index is 12.3. The minimum absolute atomic E-state index is 0.0822. The number of hydrogen-bond acceptors (Lipinski definition) is 4. The van der Waals surface area contributed by atoms with E-state index in [2.05, 4.69) is 9.64 Å². The van der Waals surface area contributed by atoms with Crippen LogP contribution in [0.15, 0.2) is 54.6 Å². The molecule has 5 nitrogen and oxygen atoms in total. The molecule has 2 aromatic rings. The number of halogens is 2. The van der Waals surface area contributed by atoms with Crippen LogP contribution in [0.5, 0.6) is 11.5 Å². The molecule has 7 heteroatoms. The molecule has 0 bridgehead atoms. The molecule has 142 valence electrons. The summed E-state index contributed by atoms with van der Waals surface area (Å²) in [6.07, 6.45) is 3.14. The smallest absolute Gasteiger partial charge is 0.387 e. The number of aromatic hydroxyl groups is 1. The molecule has 1 N–H and O–H groups in total. The number of rotatable bonds is 5. The summed E-state index contributed by atoms with van der Waals surface area (Å²) in [7, 11) is 0. The highest BCUT2D eigenvalue weighted by atomic mass is 19.3. The van der Waals surface area contributed by atoms with Crippen LogP contribution in [0.25, 0.3) is 6.08 Å². The van der Waals surface area contributed by atoms with E-state index < -0.39 is 6.61 Å². The molecule has 0 unspecified atom stereocenters. The fourth-order valence-electron chi connectivity index (χ4n) is 2.88. The summed E-state index contributed by atoms with van der Waals surface area (Å²) in [5.41, 5.74) is 1.74. The first-order valence-corrected chi connectivity index (χ1v) is 8.57. The molecule has 0 spiro atoms. The number of carbonyl (C=O) groups is 1. The van der Waals surface area contributed by atoms with Gasteiger partial charge in [-0.1, -0.05) is 12.1 Å². The van der Waals surface area contributed by atoms with E-state index in [9.17, 15) is 18.7 Å². The maximum absolute atomic E-state index is 12.3. The van der Waals surface area contributed by atoms with Gasteiger partial charge in [0.25, 0.3) is 0 Å². The van der Waals surface area contributed by atoms with Crippen LogP contribution in [0.4, 0.5) is 14.5 Å². The number of anilines is 1. The van der Waals surface area contributed by atoms with Crippen LogP contribution >= 0.6 is 0 Å². The summed E-state index contributed by atoms with van der Waals surface area (Å²) in [6.45, 7) is -0.224. The molecular formula is C20H20F2N2O3. The molecule has 1 amide bonds. The van der Waals surface area contributed by atoms with Crippen molar-refractivity contribution in [1.29, 1.82) is 0 Å². The van der Waals surface area contributed by atoms with Gasteiger partial charge in [0.2, 0.25) is 5.91 Å². The molecule has 0 atom stereocenters. The van der Waals surface area contributed by atoms with Crippen molar-refractivity contribution in [2.24, 2.45) is 0 Å². The second-order valence-electron chi connectivity index (χ2n) is 6.11. The molecular weight excluding hydrogens is 354 g/mol. The molecule has 2 aromatic carbocycles. The Morgan fingerprint density at radius 1 is 1.00 bits per heavy atom. The fraction of sp³-hybridized carbons (Fsp3) is 0.250. The third-order valence-electron chi connectivity index (χ3n) is 4.33. The predicted molar refractivity (Wildman–Crippen MR) is 99.0 cm³/mol. The zero-order valence-electron chi connectivity index (χ0n) is 14.6. The minimum atomic E-state index is -2.85. The fourth-order valence-corrected chi connectivity index (χ4v) is 2.88. The molecule has 1 saturated heterocycles. The lowest BCUT2D eigenvalue weighted by molar-refractivity contribution is -0.126. The lowest BCUT2D eigenvalue weighted by atomic mass is 10.2. The predicted octanol–water partition coefficient (Wildman–Crippen LogP) is 3.36. The summed E-state index contributed by atoms with van der Waals surface area (Å²) in [4.78, 5) is 16.3. The van der Waals surface area contributed by atoms with Crippen molar-refractivity contribution in [2.75, 3.05) is 31.1 Å². The molecule has 1 aliphatic heterocycles. The van der Waals surface area contributed by atoms with Crippen LogP contribution in [0.2, 0.25) is 0 Å². The van der Waals surface area contributed by atoms with Gasteiger partial charge in [-0.2, -0.15) is 8.78 Å². The topological polar surface area (TPSA) is 53.0 Å². The standard InChI is InChI=1S/C20H20F2N2O3/c21-20(22)27-18-8-1-15(2-9-18)3-10-19(26)24-13-11-23(12-14-24)16-4-6-17(25)7-5-16/h1-10,20,25H,11-14H2/b10-3+. The van der Waals surface area contributed by atoms with E-state index in [4.69, 9.17) is 0 Å². The second kappa shape index (κ2) is 8.53. The number of benzene rings is 2. The van der Waals surface area contributed by atoms with E-state index >= 15 is 0 Å². The number of ether oxygens (including phenoxy) is 1. The Kier molecular flexibility index (Phi) is 5.90. The van der Waals surface area contributed by atoms with E-state index in [0.29, 0.717) is 26.2 Å². The maximum Gasteiger partial charge on any atom is 0.387 e. The Morgan fingerprint density at radius 2 is 1.63 bits per heavy atom. The van der Waals surface area contributed by atoms with Gasteiger partial charge in [0.1, 0.15) is 11.5 Å². The molecule has 1 fully saturated rings. The van der Waals surface area contributed by atoms with Crippen LogP contribution in [-0.2, 0) is 4.79 Å². The first-order chi connectivity index (χ1) is 13.0. The number of phenols is 1. The van der Waals surface area contributed by atoms with Crippen LogP contribution in [0.1, 0.15) is 5.56 Å². The van der Waals surface area contributed by atoms with Crippen molar-refractivity contribution in [2.45, 2.75) is 6.61 Å². The SMILES string of the molecule is O=C(/C=C/c1ccc(OC(F)F)cc1)N1CCN(c2ccc(O)cc2)CC1. The Labute approximate surface area is 156 Å². The molecule has 0 saturated carbocycles. The van der Waals surface area contributed by atoms with E-state index in [1.807, 2.05) is 12.1 Å². The molecule has 3 rings (SSSR count). The number of phenolic OH excluding ortho intramolecular Hbond substituents is 1. The lowest BCUT2D eigenvalue weighted by Crippen LogP contribution is -2.48. The average Bonchev–Trinajstić information content (AvgIpc) is 2.67. The van der Waals surface area contributed by atoms with E-state index in [-0.39, 0.29) is 17.4 Å². The van der Waals surface area contributed by atoms with Crippen molar-refractivity contribution in [3.05, 3.63) is 60.2 Å². The number of alkyl halides is 2. The summed E-state index contributed by atoms with van der Waals surface area (Å²) < 4.78 is 28.6. The normalized spacial score (nSPS) is 14.8. The molecule has 1 heterocycles. The van der Waals surface area contributed by atoms with Gasteiger partial charge < -0.3 is 19.6 Å². The van der Waals surface area contributed by atoms with Gasteiger partial charge >= 0.3 is 6.61 Å². The van der Waals surface area contributed by atoms with Gasteiger partial charge in [0.15, 0.2) is 0 Å². The molecule has 0 radical (unpaired) electrons. The first-order valence-electron chi connectivity index (χ1n) is 8.57. The van der Waals surface area contributed by atoms with Gasteiger partial charge in [0.05, 0.1) is 0 Å². The zero-order chi connectivity index (χ0) is 19.2. The summed E-state index contributed by atoms with van der Waals surface area (Å²) in [6, 6.07) is 13.1. The highest BCUT2D eigenvalue weighted by Gasteiger charge is 2.19. The third kappa shape index (κ3) is 5.20. The Morgan fingerprint density at radius 3 is 2.22 bits per heavy atom. The van der Waals surface area contributed by atoms with Crippen molar-refractivity contribution in [3.8, 4) is 11.5 Å². The van der Waals surface area contributed by atoms with Gasteiger partial charge in [-0.25, -0.2) is 0 Å². The van der Waals surface area contributed by atoms with Gasteiger partial charge in [0, 0.05) is 37.9 Å². The van der Waals surface area contributed by atoms with Crippen molar-refractivity contribution in [3.63, 3.8) is 0 Å². The zero-order valence-corrected chi connectivity index (χ0v) is 14.6. The monoisotopic (exact) mass is 374 g/mol. The Balaban J connectivity index is 1.51. The number of carbonyl (C=O) groups excluding carboxylic acids is 1. The molecule has 1 aliphatic rings. The van der Waals surface area contributed by atoms with Gasteiger partial charge in [-0.05, 0) is 48.0 Å². The lowest BCUT2D eigenvalue weighted by Gasteiger charge is -2.35. The van der Waals surface area contributed by atoms with Crippen LogP contribution < -0.4 is 9.64 Å². The highest BCUT2D eigenvalue weighted by molar-refractivity contribution is 5.92. The highest BCUT2D eigenvalue weighted by Crippen LogP contribution is 2.20.